The highest BCUT2D eigenvalue weighted by Gasteiger charge is 2.35. The van der Waals surface area contributed by atoms with Gasteiger partial charge in [-0.15, -0.1) is 0 Å². The molecular formula is C23H28FNO3. The van der Waals surface area contributed by atoms with Gasteiger partial charge in [-0.25, -0.2) is 4.39 Å². The van der Waals surface area contributed by atoms with Gasteiger partial charge >= 0.3 is 0 Å². The van der Waals surface area contributed by atoms with Crippen molar-refractivity contribution in [2.45, 2.75) is 32.1 Å². The van der Waals surface area contributed by atoms with E-state index >= 15 is 0 Å². The van der Waals surface area contributed by atoms with E-state index in [1.54, 1.807) is 12.1 Å². The highest BCUT2D eigenvalue weighted by molar-refractivity contribution is 5.94. The fraction of sp³-hybridized carbons (Fsp3) is 0.435. The van der Waals surface area contributed by atoms with E-state index in [1.165, 1.54) is 12.1 Å². The number of ether oxygens (including phenoxy) is 2. The van der Waals surface area contributed by atoms with Crippen LogP contribution in [0.15, 0.2) is 48.5 Å². The van der Waals surface area contributed by atoms with Crippen LogP contribution in [0.3, 0.4) is 0 Å². The van der Waals surface area contributed by atoms with E-state index in [1.807, 2.05) is 24.3 Å². The molecule has 1 N–H and O–H groups in total. The Kier molecular flexibility index (Phi) is 6.68. The van der Waals surface area contributed by atoms with Gasteiger partial charge in [-0.2, -0.15) is 0 Å². The van der Waals surface area contributed by atoms with Gasteiger partial charge in [0.15, 0.2) is 0 Å². The SMILES string of the molecule is CC(C)COc1cccc(C(=O)NCC2(c3ccc(F)cc3)CCOCC2)c1. The summed E-state index contributed by atoms with van der Waals surface area (Å²) in [5.74, 6) is 0.721. The van der Waals surface area contributed by atoms with Crippen molar-refractivity contribution >= 4 is 5.91 Å². The lowest BCUT2D eigenvalue weighted by Gasteiger charge is -2.38. The Balaban J connectivity index is 1.70. The number of nitrogens with one attached hydrogen (secondary N) is 1. The summed E-state index contributed by atoms with van der Waals surface area (Å²) in [6.07, 6.45) is 1.58. The summed E-state index contributed by atoms with van der Waals surface area (Å²) in [5.41, 5.74) is 1.36. The Labute approximate surface area is 166 Å². The number of hydrogen-bond acceptors (Lipinski definition) is 3. The molecule has 1 saturated heterocycles. The van der Waals surface area contributed by atoms with Gasteiger partial charge in [-0.1, -0.05) is 32.0 Å². The lowest BCUT2D eigenvalue weighted by Crippen LogP contribution is -2.44. The number of rotatable bonds is 7. The predicted octanol–water partition coefficient (Wildman–Crippen LogP) is 4.34. The first kappa shape index (κ1) is 20.3. The summed E-state index contributed by atoms with van der Waals surface area (Å²) < 4.78 is 24.6. The molecule has 0 aliphatic carbocycles. The van der Waals surface area contributed by atoms with Crippen LogP contribution in [-0.4, -0.2) is 32.3 Å². The number of carbonyl (C=O) groups excluding carboxylic acids is 1. The molecule has 0 radical (unpaired) electrons. The van der Waals surface area contributed by atoms with E-state index in [9.17, 15) is 9.18 Å². The highest BCUT2D eigenvalue weighted by atomic mass is 19.1. The number of benzene rings is 2. The maximum absolute atomic E-state index is 13.4. The monoisotopic (exact) mass is 385 g/mol. The van der Waals surface area contributed by atoms with Crippen LogP contribution in [0, 0.1) is 11.7 Å². The third-order valence-electron chi connectivity index (χ3n) is 5.17. The largest absolute Gasteiger partial charge is 0.493 e. The second-order valence-corrected chi connectivity index (χ2v) is 7.81. The first-order valence-corrected chi connectivity index (χ1v) is 9.83. The molecule has 28 heavy (non-hydrogen) atoms. The predicted molar refractivity (Wildman–Crippen MR) is 107 cm³/mol. The molecule has 0 aromatic heterocycles. The minimum atomic E-state index is -0.256. The first-order chi connectivity index (χ1) is 13.5. The Morgan fingerprint density at radius 2 is 1.89 bits per heavy atom. The second-order valence-electron chi connectivity index (χ2n) is 7.81. The van der Waals surface area contributed by atoms with E-state index in [0.717, 1.165) is 18.4 Å². The van der Waals surface area contributed by atoms with Crippen LogP contribution in [0.5, 0.6) is 5.75 Å². The van der Waals surface area contributed by atoms with Crippen molar-refractivity contribution in [3.63, 3.8) is 0 Å². The highest BCUT2D eigenvalue weighted by Crippen LogP contribution is 2.34. The maximum Gasteiger partial charge on any atom is 0.251 e. The van der Waals surface area contributed by atoms with Crippen LogP contribution in [0.1, 0.15) is 42.6 Å². The minimum Gasteiger partial charge on any atom is -0.493 e. The van der Waals surface area contributed by atoms with Crippen molar-refractivity contribution in [1.29, 1.82) is 0 Å². The van der Waals surface area contributed by atoms with E-state index in [-0.39, 0.29) is 17.1 Å². The molecule has 4 nitrogen and oxygen atoms in total. The van der Waals surface area contributed by atoms with Crippen LogP contribution < -0.4 is 10.1 Å². The van der Waals surface area contributed by atoms with Crippen LogP contribution in [-0.2, 0) is 10.2 Å². The van der Waals surface area contributed by atoms with Crippen molar-refractivity contribution in [3.05, 3.63) is 65.5 Å². The van der Waals surface area contributed by atoms with Crippen LogP contribution in [0.2, 0.25) is 0 Å². The van der Waals surface area contributed by atoms with Gasteiger partial charge in [0.25, 0.3) is 5.91 Å². The van der Waals surface area contributed by atoms with Gasteiger partial charge in [-0.05, 0) is 54.7 Å². The molecule has 1 aliphatic rings. The third kappa shape index (κ3) is 5.10. The summed E-state index contributed by atoms with van der Waals surface area (Å²) >= 11 is 0. The van der Waals surface area contributed by atoms with Crippen LogP contribution in [0.4, 0.5) is 4.39 Å². The topological polar surface area (TPSA) is 47.6 Å². The van der Waals surface area contributed by atoms with E-state index in [2.05, 4.69) is 19.2 Å². The Morgan fingerprint density at radius 3 is 2.57 bits per heavy atom. The van der Waals surface area contributed by atoms with Crippen LogP contribution in [0.25, 0.3) is 0 Å². The summed E-state index contributed by atoms with van der Waals surface area (Å²) in [6.45, 7) is 6.52. The molecule has 0 bridgehead atoms. The second kappa shape index (κ2) is 9.20. The number of hydrogen-bond donors (Lipinski definition) is 1. The Hall–Kier alpha value is -2.40. The molecule has 150 valence electrons. The number of carbonyl (C=O) groups is 1. The Bertz CT molecular complexity index is 783. The minimum absolute atomic E-state index is 0.136. The first-order valence-electron chi connectivity index (χ1n) is 9.83. The molecule has 0 spiro atoms. The van der Waals surface area contributed by atoms with Crippen molar-refractivity contribution in [2.75, 3.05) is 26.4 Å². The fourth-order valence-corrected chi connectivity index (χ4v) is 3.47. The molecule has 2 aromatic rings. The normalized spacial score (nSPS) is 16.0. The third-order valence-corrected chi connectivity index (χ3v) is 5.17. The molecule has 1 amide bonds. The van der Waals surface area contributed by atoms with Crippen LogP contribution >= 0.6 is 0 Å². The average molecular weight is 385 g/mol. The molecule has 1 aliphatic heterocycles. The van der Waals surface area contributed by atoms with Crippen molar-refractivity contribution in [3.8, 4) is 5.75 Å². The average Bonchev–Trinajstić information content (AvgIpc) is 2.72. The summed E-state index contributed by atoms with van der Waals surface area (Å²) in [4.78, 5) is 12.7. The zero-order chi connectivity index (χ0) is 20.0. The lowest BCUT2D eigenvalue weighted by molar-refractivity contribution is 0.0487. The molecule has 0 saturated carbocycles. The molecule has 1 fully saturated rings. The summed E-state index contributed by atoms with van der Waals surface area (Å²) in [6, 6.07) is 13.8. The molecule has 0 unspecified atom stereocenters. The number of amides is 1. The van der Waals surface area contributed by atoms with Gasteiger partial charge in [0.2, 0.25) is 0 Å². The fourth-order valence-electron chi connectivity index (χ4n) is 3.47. The van der Waals surface area contributed by atoms with Crippen molar-refractivity contribution in [2.24, 2.45) is 5.92 Å². The standard InChI is InChI=1S/C23H28FNO3/c1-17(2)15-28-21-5-3-4-18(14-21)22(26)25-16-23(10-12-27-13-11-23)19-6-8-20(24)9-7-19/h3-9,14,17H,10-13,15-16H2,1-2H3,(H,25,26). The zero-order valence-corrected chi connectivity index (χ0v) is 16.5. The molecule has 5 heteroatoms. The van der Waals surface area contributed by atoms with Gasteiger partial charge in [0, 0.05) is 30.7 Å². The summed E-state index contributed by atoms with van der Waals surface area (Å²) in [7, 11) is 0. The van der Waals surface area contributed by atoms with Gasteiger partial charge in [0.05, 0.1) is 6.61 Å². The van der Waals surface area contributed by atoms with Crippen molar-refractivity contribution < 1.29 is 18.7 Å². The molecule has 1 heterocycles. The summed E-state index contributed by atoms with van der Waals surface area (Å²) in [5, 5.41) is 3.07. The van der Waals surface area contributed by atoms with Crippen molar-refractivity contribution in [1.82, 2.24) is 5.32 Å². The smallest absolute Gasteiger partial charge is 0.251 e. The maximum atomic E-state index is 13.4. The van der Waals surface area contributed by atoms with E-state index in [4.69, 9.17) is 9.47 Å². The van der Waals surface area contributed by atoms with Gasteiger partial charge in [-0.3, -0.25) is 4.79 Å². The quantitative estimate of drug-likeness (QED) is 0.771. The molecular weight excluding hydrogens is 357 g/mol. The number of halogens is 1. The van der Waals surface area contributed by atoms with E-state index in [0.29, 0.717) is 43.6 Å². The Morgan fingerprint density at radius 1 is 1.18 bits per heavy atom. The molecule has 0 atom stereocenters. The zero-order valence-electron chi connectivity index (χ0n) is 16.5. The van der Waals surface area contributed by atoms with Gasteiger partial charge < -0.3 is 14.8 Å². The molecule has 3 rings (SSSR count). The lowest BCUT2D eigenvalue weighted by atomic mass is 9.74. The molecule has 2 aromatic carbocycles. The van der Waals surface area contributed by atoms with E-state index < -0.39 is 0 Å². The van der Waals surface area contributed by atoms with Gasteiger partial charge in [0.1, 0.15) is 11.6 Å².